The number of aromatic nitrogens is 1. The number of hydrogen-bond donors (Lipinski definition) is 2. The number of likely N-dealkylation sites (N-methyl/N-ethyl adjacent to an activating group) is 1. The Bertz CT molecular complexity index is 506. The van der Waals surface area contributed by atoms with Gasteiger partial charge in [-0.2, -0.15) is 4.31 Å². The Labute approximate surface area is 109 Å². The number of rotatable bonds is 4. The van der Waals surface area contributed by atoms with Gasteiger partial charge in [0, 0.05) is 23.8 Å². The molecule has 8 heteroatoms. The zero-order valence-corrected chi connectivity index (χ0v) is 11.9. The maximum absolute atomic E-state index is 12.2. The normalized spacial score (nSPS) is 13.9. The van der Waals surface area contributed by atoms with Crippen LogP contribution in [0.2, 0.25) is 0 Å². The number of pyridine rings is 1. The molecule has 0 aliphatic rings. The summed E-state index contributed by atoms with van der Waals surface area (Å²) >= 11 is 3.14. The van der Waals surface area contributed by atoms with E-state index in [4.69, 9.17) is 10.8 Å². The van der Waals surface area contributed by atoms with E-state index in [1.807, 2.05) is 0 Å². The first-order chi connectivity index (χ1) is 7.80. The molecule has 0 saturated carbocycles. The Morgan fingerprint density at radius 2 is 2.24 bits per heavy atom. The number of nitrogens with two attached hydrogens (primary N) is 1. The van der Waals surface area contributed by atoms with Crippen molar-refractivity contribution in [1.29, 1.82) is 0 Å². The van der Waals surface area contributed by atoms with Crippen molar-refractivity contribution in [2.24, 2.45) is 0 Å². The van der Waals surface area contributed by atoms with E-state index in [9.17, 15) is 8.42 Å². The lowest BCUT2D eigenvalue weighted by Crippen LogP contribution is -2.37. The van der Waals surface area contributed by atoms with Gasteiger partial charge in [-0.3, -0.25) is 0 Å². The number of anilines is 1. The molecular formula is C9H14BrN3O3S. The highest BCUT2D eigenvalue weighted by molar-refractivity contribution is 9.10. The SMILES string of the molecule is CC(CO)N(C)S(=O)(=O)c1cc(Br)cnc1N. The molecule has 17 heavy (non-hydrogen) atoms. The monoisotopic (exact) mass is 323 g/mol. The smallest absolute Gasteiger partial charge is 0.246 e. The Morgan fingerprint density at radius 1 is 1.65 bits per heavy atom. The average molecular weight is 324 g/mol. The van der Waals surface area contributed by atoms with Gasteiger partial charge in [0.25, 0.3) is 0 Å². The molecule has 0 fully saturated rings. The summed E-state index contributed by atoms with van der Waals surface area (Å²) in [5, 5.41) is 8.98. The van der Waals surface area contributed by atoms with Gasteiger partial charge in [0.05, 0.1) is 6.61 Å². The van der Waals surface area contributed by atoms with Crippen LogP contribution < -0.4 is 5.73 Å². The molecule has 0 bridgehead atoms. The number of hydrogen-bond acceptors (Lipinski definition) is 5. The van der Waals surface area contributed by atoms with E-state index in [-0.39, 0.29) is 17.3 Å². The van der Waals surface area contributed by atoms with E-state index in [0.717, 1.165) is 4.31 Å². The van der Waals surface area contributed by atoms with Crippen molar-refractivity contribution in [2.75, 3.05) is 19.4 Å². The molecule has 0 spiro atoms. The summed E-state index contributed by atoms with van der Waals surface area (Å²) in [6.07, 6.45) is 1.42. The van der Waals surface area contributed by atoms with E-state index < -0.39 is 16.1 Å². The molecule has 1 aromatic rings. The minimum absolute atomic E-state index is 0.0646. The fourth-order valence-corrected chi connectivity index (χ4v) is 3.07. The van der Waals surface area contributed by atoms with Gasteiger partial charge in [-0.1, -0.05) is 0 Å². The van der Waals surface area contributed by atoms with Gasteiger partial charge in [-0.05, 0) is 28.9 Å². The first-order valence-corrected chi connectivity index (χ1v) is 7.04. The van der Waals surface area contributed by atoms with Gasteiger partial charge in [0.2, 0.25) is 10.0 Å². The Hall–Kier alpha value is -0.700. The molecule has 1 atom stereocenters. The third-order valence-corrected chi connectivity index (χ3v) is 4.82. The molecule has 0 aromatic carbocycles. The lowest BCUT2D eigenvalue weighted by molar-refractivity contribution is 0.214. The first-order valence-electron chi connectivity index (χ1n) is 4.80. The number of aliphatic hydroxyl groups excluding tert-OH is 1. The molecule has 3 N–H and O–H groups in total. The average Bonchev–Trinajstić information content (AvgIpc) is 2.30. The summed E-state index contributed by atoms with van der Waals surface area (Å²) in [5.74, 6) is -0.0646. The number of aliphatic hydroxyl groups is 1. The van der Waals surface area contributed by atoms with Crippen LogP contribution in [0.15, 0.2) is 21.6 Å². The fraction of sp³-hybridized carbons (Fsp3) is 0.444. The molecule has 6 nitrogen and oxygen atoms in total. The fourth-order valence-electron chi connectivity index (χ4n) is 1.14. The first kappa shape index (κ1) is 14.4. The van der Waals surface area contributed by atoms with Crippen LogP contribution in [0.25, 0.3) is 0 Å². The van der Waals surface area contributed by atoms with Crippen LogP contribution in [0.3, 0.4) is 0 Å². The molecule has 0 saturated heterocycles. The van der Waals surface area contributed by atoms with Crippen LogP contribution in [-0.4, -0.2) is 42.5 Å². The van der Waals surface area contributed by atoms with Crippen LogP contribution in [0.1, 0.15) is 6.92 Å². The molecular weight excluding hydrogens is 310 g/mol. The third kappa shape index (κ3) is 2.95. The van der Waals surface area contributed by atoms with Gasteiger partial charge in [-0.15, -0.1) is 0 Å². The number of sulfonamides is 1. The quantitative estimate of drug-likeness (QED) is 0.837. The zero-order chi connectivity index (χ0) is 13.2. The van der Waals surface area contributed by atoms with Crippen LogP contribution >= 0.6 is 15.9 Å². The summed E-state index contributed by atoms with van der Waals surface area (Å²) < 4.78 is 25.9. The summed E-state index contributed by atoms with van der Waals surface area (Å²) in [6.45, 7) is 1.33. The Balaban J connectivity index is 3.26. The molecule has 1 rings (SSSR count). The lowest BCUT2D eigenvalue weighted by Gasteiger charge is -2.23. The minimum Gasteiger partial charge on any atom is -0.395 e. The van der Waals surface area contributed by atoms with E-state index in [0.29, 0.717) is 4.47 Å². The number of halogens is 1. The summed E-state index contributed by atoms with van der Waals surface area (Å²) in [6, 6.07) is 0.858. The van der Waals surface area contributed by atoms with Gasteiger partial charge in [-0.25, -0.2) is 13.4 Å². The summed E-state index contributed by atoms with van der Waals surface area (Å²) in [7, 11) is -2.36. The van der Waals surface area contributed by atoms with Gasteiger partial charge >= 0.3 is 0 Å². The second-order valence-corrected chi connectivity index (χ2v) is 6.47. The van der Waals surface area contributed by atoms with Gasteiger partial charge < -0.3 is 10.8 Å². The molecule has 1 heterocycles. The van der Waals surface area contributed by atoms with Crippen LogP contribution in [0, 0.1) is 0 Å². The second kappa shape index (κ2) is 5.30. The van der Waals surface area contributed by atoms with Crippen molar-refractivity contribution in [1.82, 2.24) is 9.29 Å². The van der Waals surface area contributed by atoms with Crippen molar-refractivity contribution in [3.05, 3.63) is 16.7 Å². The van der Waals surface area contributed by atoms with Crippen molar-refractivity contribution in [2.45, 2.75) is 17.9 Å². The Kier molecular flexibility index (Phi) is 4.48. The summed E-state index contributed by atoms with van der Waals surface area (Å²) in [4.78, 5) is 3.70. The van der Waals surface area contributed by atoms with Gasteiger partial charge in [0.1, 0.15) is 10.7 Å². The standard InChI is InChI=1S/C9H14BrN3O3S/c1-6(5-14)13(2)17(15,16)8-3-7(10)4-12-9(8)11/h3-4,6,14H,5H2,1-2H3,(H2,11,12). The number of nitrogens with zero attached hydrogens (tertiary/aromatic N) is 2. The molecule has 0 amide bonds. The second-order valence-electron chi connectivity index (χ2n) is 3.59. The third-order valence-electron chi connectivity index (χ3n) is 2.39. The molecule has 0 aliphatic carbocycles. The molecule has 0 aliphatic heterocycles. The zero-order valence-electron chi connectivity index (χ0n) is 9.46. The Morgan fingerprint density at radius 3 is 2.76 bits per heavy atom. The van der Waals surface area contributed by atoms with Gasteiger partial charge in [0.15, 0.2) is 0 Å². The highest BCUT2D eigenvalue weighted by Gasteiger charge is 2.27. The molecule has 0 radical (unpaired) electrons. The van der Waals surface area contributed by atoms with Crippen molar-refractivity contribution >= 4 is 31.8 Å². The number of nitrogen functional groups attached to an aromatic ring is 1. The predicted molar refractivity (Wildman–Crippen MR) is 67.8 cm³/mol. The van der Waals surface area contributed by atoms with Crippen LogP contribution in [0.4, 0.5) is 5.82 Å². The molecule has 1 aromatic heterocycles. The van der Waals surface area contributed by atoms with Crippen molar-refractivity contribution < 1.29 is 13.5 Å². The van der Waals surface area contributed by atoms with E-state index in [1.165, 1.54) is 19.3 Å². The van der Waals surface area contributed by atoms with E-state index in [2.05, 4.69) is 20.9 Å². The maximum atomic E-state index is 12.2. The topological polar surface area (TPSA) is 96.5 Å². The molecule has 1 unspecified atom stereocenters. The highest BCUT2D eigenvalue weighted by Crippen LogP contribution is 2.24. The molecule has 96 valence electrons. The minimum atomic E-state index is -3.75. The van der Waals surface area contributed by atoms with E-state index in [1.54, 1.807) is 6.92 Å². The maximum Gasteiger partial charge on any atom is 0.246 e. The van der Waals surface area contributed by atoms with Crippen LogP contribution in [-0.2, 0) is 10.0 Å². The largest absolute Gasteiger partial charge is 0.395 e. The van der Waals surface area contributed by atoms with E-state index >= 15 is 0 Å². The van der Waals surface area contributed by atoms with Crippen molar-refractivity contribution in [3.63, 3.8) is 0 Å². The lowest BCUT2D eigenvalue weighted by atomic mass is 10.4. The van der Waals surface area contributed by atoms with Crippen LogP contribution in [0.5, 0.6) is 0 Å². The summed E-state index contributed by atoms with van der Waals surface area (Å²) in [5.41, 5.74) is 5.55. The predicted octanol–water partition coefficient (Wildman–Crippen LogP) is 0.428. The highest BCUT2D eigenvalue weighted by atomic mass is 79.9. The van der Waals surface area contributed by atoms with Crippen molar-refractivity contribution in [3.8, 4) is 0 Å².